The highest BCUT2D eigenvalue weighted by Gasteiger charge is 2.37. The number of carbonyl (C=O) groups is 2. The van der Waals surface area contributed by atoms with Crippen molar-refractivity contribution < 1.29 is 19.6 Å². The molecule has 0 aliphatic carbocycles. The fraction of sp³-hybridized carbons (Fsp3) is 0.0952. The van der Waals surface area contributed by atoms with Gasteiger partial charge in [0.25, 0.3) is 11.6 Å². The number of nitro benzene ring substituents is 1. The third-order valence-electron chi connectivity index (χ3n) is 4.32. The van der Waals surface area contributed by atoms with Crippen LogP contribution in [0.15, 0.2) is 71.7 Å². The van der Waals surface area contributed by atoms with E-state index in [1.54, 1.807) is 48.6 Å². The van der Waals surface area contributed by atoms with Gasteiger partial charge in [-0.05, 0) is 35.8 Å². The van der Waals surface area contributed by atoms with Gasteiger partial charge in [0.15, 0.2) is 0 Å². The summed E-state index contributed by atoms with van der Waals surface area (Å²) < 4.78 is 0.153. The Kier molecular flexibility index (Phi) is 6.76. The van der Waals surface area contributed by atoms with Crippen molar-refractivity contribution in [2.45, 2.75) is 12.5 Å². The van der Waals surface area contributed by atoms with E-state index in [2.05, 4.69) is 0 Å². The second kappa shape index (κ2) is 9.47. The molecule has 0 radical (unpaired) electrons. The number of amides is 1. The molecule has 1 aliphatic rings. The first-order valence-electron chi connectivity index (χ1n) is 8.80. The monoisotopic (exact) mass is 439 g/mol. The zero-order chi connectivity index (χ0) is 21.7. The van der Waals surface area contributed by atoms with E-state index >= 15 is 0 Å². The van der Waals surface area contributed by atoms with Crippen LogP contribution in [0.5, 0.6) is 0 Å². The number of aliphatic carboxylic acids is 1. The molecular weight excluding hydrogens is 424 g/mol. The molecule has 1 saturated heterocycles. The summed E-state index contributed by atoms with van der Waals surface area (Å²) in [6.45, 7) is 0. The van der Waals surface area contributed by atoms with Crippen LogP contribution in [0.1, 0.15) is 11.1 Å². The Bertz CT molecular complexity index is 1050. The second-order valence-corrected chi connectivity index (χ2v) is 7.98. The molecule has 1 fully saturated rings. The highest BCUT2D eigenvalue weighted by molar-refractivity contribution is 8.26. The maximum Gasteiger partial charge on any atom is 0.269 e. The smallest absolute Gasteiger partial charge is 0.269 e. The summed E-state index contributed by atoms with van der Waals surface area (Å²) in [6, 6.07) is 13.7. The minimum atomic E-state index is -1.38. The maximum atomic E-state index is 12.8. The predicted molar refractivity (Wildman–Crippen MR) is 116 cm³/mol. The highest BCUT2D eigenvalue weighted by Crippen LogP contribution is 2.33. The number of nitrogens with zero attached hydrogens (tertiary/aromatic N) is 2. The zero-order valence-corrected chi connectivity index (χ0v) is 17.1. The third-order valence-corrected chi connectivity index (χ3v) is 5.67. The van der Waals surface area contributed by atoms with Crippen LogP contribution < -0.4 is 5.11 Å². The molecule has 0 spiro atoms. The van der Waals surface area contributed by atoms with Crippen molar-refractivity contribution in [2.75, 3.05) is 0 Å². The minimum absolute atomic E-state index is 0.0141. The van der Waals surface area contributed by atoms with Gasteiger partial charge in [-0.1, -0.05) is 66.5 Å². The fourth-order valence-electron chi connectivity index (χ4n) is 2.83. The van der Waals surface area contributed by atoms with E-state index in [1.165, 1.54) is 18.2 Å². The van der Waals surface area contributed by atoms with Crippen molar-refractivity contribution in [1.82, 2.24) is 4.90 Å². The van der Waals surface area contributed by atoms with Crippen LogP contribution >= 0.6 is 24.0 Å². The number of hydrogen-bond donors (Lipinski definition) is 0. The summed E-state index contributed by atoms with van der Waals surface area (Å²) in [5, 5.41) is 22.4. The minimum Gasteiger partial charge on any atom is -0.548 e. The molecule has 1 amide bonds. The summed E-state index contributed by atoms with van der Waals surface area (Å²) in [5.41, 5.74) is 1.45. The maximum absolute atomic E-state index is 12.8. The Labute approximate surface area is 181 Å². The van der Waals surface area contributed by atoms with Crippen LogP contribution in [0, 0.1) is 10.1 Å². The number of carboxylic acids is 1. The SMILES string of the molecule is O=C([O-])[C@H](Cc1ccccc1)N1C(=O)/C(=C\C=C\c2ccc([N+](=O)[O-])cc2)SC1=S. The van der Waals surface area contributed by atoms with Gasteiger partial charge in [0.05, 0.1) is 21.8 Å². The number of benzene rings is 2. The number of carboxylic acid groups (broad SMARTS) is 1. The Balaban J connectivity index is 1.75. The van der Waals surface area contributed by atoms with Crippen molar-refractivity contribution >= 4 is 51.9 Å². The van der Waals surface area contributed by atoms with Gasteiger partial charge in [0.2, 0.25) is 0 Å². The summed E-state index contributed by atoms with van der Waals surface area (Å²) in [6.07, 6.45) is 4.91. The number of nitro groups is 1. The molecule has 7 nitrogen and oxygen atoms in total. The van der Waals surface area contributed by atoms with Crippen LogP contribution in [0.2, 0.25) is 0 Å². The quantitative estimate of drug-likeness (QED) is 0.283. The summed E-state index contributed by atoms with van der Waals surface area (Å²) in [5.74, 6) is -1.87. The Morgan fingerprint density at radius 2 is 1.83 bits per heavy atom. The Morgan fingerprint density at radius 3 is 2.43 bits per heavy atom. The standard InChI is InChI=1S/C21H16N2O5S2/c24-19-18(8-4-7-14-9-11-16(12-10-14)23(27)28)30-21(29)22(19)17(20(25)26)13-15-5-2-1-3-6-15/h1-12,17H,13H2,(H,25,26)/p-1/b7-4+,18-8+/t17-/m0/s1. The molecular formula is C21H15N2O5S2-. The molecule has 1 aliphatic heterocycles. The summed E-state index contributed by atoms with van der Waals surface area (Å²) >= 11 is 6.25. The van der Waals surface area contributed by atoms with Crippen LogP contribution in [0.4, 0.5) is 5.69 Å². The van der Waals surface area contributed by atoms with Crippen LogP contribution in [0.3, 0.4) is 0 Å². The average Bonchev–Trinajstić information content (AvgIpc) is 3.00. The van der Waals surface area contributed by atoms with E-state index in [1.807, 2.05) is 6.07 Å². The van der Waals surface area contributed by atoms with Crippen LogP contribution in [0.25, 0.3) is 6.08 Å². The molecule has 1 heterocycles. The number of thiocarbonyl (C=S) groups is 1. The van der Waals surface area contributed by atoms with Gasteiger partial charge in [-0.3, -0.25) is 19.8 Å². The number of hydrogen-bond acceptors (Lipinski definition) is 7. The first kappa shape index (κ1) is 21.4. The van der Waals surface area contributed by atoms with E-state index in [4.69, 9.17) is 12.2 Å². The first-order chi connectivity index (χ1) is 14.4. The first-order valence-corrected chi connectivity index (χ1v) is 10.0. The van der Waals surface area contributed by atoms with Crippen molar-refractivity contribution in [3.05, 3.63) is 92.9 Å². The van der Waals surface area contributed by atoms with Crippen molar-refractivity contribution in [1.29, 1.82) is 0 Å². The molecule has 0 bridgehead atoms. The zero-order valence-electron chi connectivity index (χ0n) is 15.5. The van der Waals surface area contributed by atoms with Gasteiger partial charge < -0.3 is 9.90 Å². The van der Waals surface area contributed by atoms with E-state index in [9.17, 15) is 24.8 Å². The number of carbonyl (C=O) groups excluding carboxylic acids is 2. The van der Waals surface area contributed by atoms with Gasteiger partial charge >= 0.3 is 0 Å². The van der Waals surface area contributed by atoms with Crippen molar-refractivity contribution in [3.8, 4) is 0 Å². The Hall–Kier alpha value is -3.30. The number of non-ortho nitro benzene ring substituents is 1. The molecule has 0 unspecified atom stereocenters. The molecule has 9 heteroatoms. The third kappa shape index (κ3) is 5.00. The molecule has 2 aromatic carbocycles. The van der Waals surface area contributed by atoms with Gasteiger partial charge in [-0.25, -0.2) is 0 Å². The molecule has 30 heavy (non-hydrogen) atoms. The number of allylic oxidation sites excluding steroid dienone is 2. The van der Waals surface area contributed by atoms with Gasteiger partial charge in [0.1, 0.15) is 4.32 Å². The van der Waals surface area contributed by atoms with Crippen molar-refractivity contribution in [2.24, 2.45) is 0 Å². The lowest BCUT2D eigenvalue weighted by molar-refractivity contribution is -0.384. The molecule has 1 atom stereocenters. The number of rotatable bonds is 7. The lowest BCUT2D eigenvalue weighted by Crippen LogP contribution is -2.51. The fourth-order valence-corrected chi connectivity index (χ4v) is 4.14. The Morgan fingerprint density at radius 1 is 1.17 bits per heavy atom. The van der Waals surface area contributed by atoms with Crippen molar-refractivity contribution in [3.63, 3.8) is 0 Å². The van der Waals surface area contributed by atoms with E-state index in [0.717, 1.165) is 22.2 Å². The molecule has 0 N–H and O–H groups in total. The summed E-state index contributed by atoms with van der Waals surface area (Å²) in [7, 11) is 0. The summed E-state index contributed by atoms with van der Waals surface area (Å²) in [4.78, 5) is 36.0. The molecule has 2 aromatic rings. The molecule has 0 aromatic heterocycles. The molecule has 3 rings (SSSR count). The lowest BCUT2D eigenvalue weighted by Gasteiger charge is -2.27. The van der Waals surface area contributed by atoms with Crippen LogP contribution in [-0.2, 0) is 16.0 Å². The number of thioether (sulfide) groups is 1. The van der Waals surface area contributed by atoms with E-state index in [-0.39, 0.29) is 21.3 Å². The normalized spacial score (nSPS) is 16.4. The van der Waals surface area contributed by atoms with Gasteiger partial charge in [0, 0.05) is 12.1 Å². The predicted octanol–water partition coefficient (Wildman–Crippen LogP) is 2.71. The second-order valence-electron chi connectivity index (χ2n) is 6.31. The largest absolute Gasteiger partial charge is 0.548 e. The van der Waals surface area contributed by atoms with E-state index in [0.29, 0.717) is 5.56 Å². The average molecular weight is 439 g/mol. The highest BCUT2D eigenvalue weighted by atomic mass is 32.2. The topological polar surface area (TPSA) is 104 Å². The lowest BCUT2D eigenvalue weighted by atomic mass is 10.0. The molecule has 0 saturated carbocycles. The van der Waals surface area contributed by atoms with Crippen LogP contribution in [-0.4, -0.2) is 32.1 Å². The molecule has 152 valence electrons. The van der Waals surface area contributed by atoms with Gasteiger partial charge in [-0.2, -0.15) is 0 Å². The van der Waals surface area contributed by atoms with Gasteiger partial charge in [-0.15, -0.1) is 0 Å². The van der Waals surface area contributed by atoms with E-state index < -0.39 is 22.8 Å².